The lowest BCUT2D eigenvalue weighted by atomic mass is 9.71. The summed E-state index contributed by atoms with van der Waals surface area (Å²) in [6.45, 7) is 0.390. The van der Waals surface area contributed by atoms with Crippen molar-refractivity contribution in [1.82, 2.24) is 4.57 Å². The molecule has 3 aromatic carbocycles. The van der Waals surface area contributed by atoms with Crippen LogP contribution in [0.25, 0.3) is 27.7 Å². The van der Waals surface area contributed by atoms with Gasteiger partial charge in [0.2, 0.25) is 0 Å². The Balaban J connectivity index is 1.75. The van der Waals surface area contributed by atoms with E-state index in [1.54, 1.807) is 16.7 Å². The normalized spacial score (nSPS) is 21.2. The summed E-state index contributed by atoms with van der Waals surface area (Å²) < 4.78 is 50.8. The molecule has 1 aliphatic heterocycles. The molecule has 2 aliphatic rings. The first-order valence-corrected chi connectivity index (χ1v) is 11.8. The summed E-state index contributed by atoms with van der Waals surface area (Å²) in [5.74, 6) is -4.10. The van der Waals surface area contributed by atoms with E-state index in [9.17, 15) is 28.2 Å². The highest BCUT2D eigenvalue weighted by molar-refractivity contribution is 6.04. The first-order chi connectivity index (χ1) is 17.3. The summed E-state index contributed by atoms with van der Waals surface area (Å²) >= 11 is 0. The van der Waals surface area contributed by atoms with Crippen LogP contribution >= 0.6 is 0 Å². The van der Waals surface area contributed by atoms with Gasteiger partial charge in [-0.3, -0.25) is 0 Å². The third kappa shape index (κ3) is 3.39. The van der Waals surface area contributed by atoms with Gasteiger partial charge in [0.05, 0.1) is 29.2 Å². The van der Waals surface area contributed by atoms with Crippen molar-refractivity contribution in [3.63, 3.8) is 0 Å². The molecule has 4 aromatic rings. The number of phenols is 1. The number of halogens is 3. The smallest absolute Gasteiger partial charge is 0.335 e. The van der Waals surface area contributed by atoms with Crippen LogP contribution in [0.3, 0.4) is 0 Å². The molecule has 2 atom stereocenters. The van der Waals surface area contributed by atoms with Gasteiger partial charge in [0.25, 0.3) is 0 Å². The molecule has 0 amide bonds. The Bertz CT molecular complexity index is 1520. The molecule has 2 fully saturated rings. The van der Waals surface area contributed by atoms with Gasteiger partial charge < -0.3 is 19.5 Å². The molecule has 0 radical (unpaired) electrons. The van der Waals surface area contributed by atoms with Crippen LogP contribution in [0, 0.1) is 17.5 Å². The number of hydrogen-bond acceptors (Lipinski definition) is 3. The predicted molar refractivity (Wildman–Crippen MR) is 127 cm³/mol. The minimum atomic E-state index is -1.08. The average Bonchev–Trinajstić information content (AvgIpc) is 3.35. The van der Waals surface area contributed by atoms with Crippen LogP contribution in [-0.2, 0) is 10.2 Å². The number of aromatic carboxylic acids is 1. The van der Waals surface area contributed by atoms with Crippen LogP contribution in [0.15, 0.2) is 54.6 Å². The fourth-order valence-electron chi connectivity index (χ4n) is 5.96. The highest BCUT2D eigenvalue weighted by Crippen LogP contribution is 2.53. The zero-order valence-corrected chi connectivity index (χ0v) is 19.1. The topological polar surface area (TPSA) is 71.7 Å². The molecule has 8 heteroatoms. The molecule has 1 aliphatic carbocycles. The van der Waals surface area contributed by atoms with Gasteiger partial charge in [0.1, 0.15) is 11.6 Å². The summed E-state index contributed by atoms with van der Waals surface area (Å²) in [6, 6.07) is 12.0. The van der Waals surface area contributed by atoms with E-state index in [4.69, 9.17) is 4.74 Å². The lowest BCUT2D eigenvalue weighted by Gasteiger charge is -2.34. The highest BCUT2D eigenvalue weighted by Gasteiger charge is 2.48. The van der Waals surface area contributed by atoms with Crippen molar-refractivity contribution in [2.45, 2.75) is 37.2 Å². The molecule has 2 N–H and O–H groups in total. The van der Waals surface area contributed by atoms with Gasteiger partial charge in [0, 0.05) is 34.5 Å². The molecule has 36 heavy (non-hydrogen) atoms. The SMILES string of the molecule is O=C(O)c1ccc(-c2c(C34CCCC(C3)OC4)n(-c3ccc(F)c(F)c3)c3cc(F)cc(O)c23)cc1. The van der Waals surface area contributed by atoms with E-state index in [0.29, 0.717) is 40.8 Å². The number of benzene rings is 3. The molecule has 2 bridgehead atoms. The number of carboxylic acids is 1. The Labute approximate surface area is 204 Å². The number of phenolic OH excluding ortho intramolecular Hbond substituents is 1. The van der Waals surface area contributed by atoms with E-state index in [2.05, 4.69) is 0 Å². The van der Waals surface area contributed by atoms with E-state index >= 15 is 0 Å². The van der Waals surface area contributed by atoms with Crippen molar-refractivity contribution in [2.24, 2.45) is 0 Å². The number of carbonyl (C=O) groups is 1. The second-order valence-electron chi connectivity index (χ2n) is 9.67. The fourth-order valence-corrected chi connectivity index (χ4v) is 5.96. The van der Waals surface area contributed by atoms with E-state index in [-0.39, 0.29) is 23.1 Å². The molecule has 1 saturated carbocycles. The van der Waals surface area contributed by atoms with E-state index in [1.807, 2.05) is 0 Å². The lowest BCUT2D eigenvalue weighted by molar-refractivity contribution is 0.0697. The Hall–Kier alpha value is -3.78. The molecule has 0 spiro atoms. The zero-order chi connectivity index (χ0) is 25.2. The fraction of sp³-hybridized carbons (Fsp3) is 0.250. The third-order valence-corrected chi connectivity index (χ3v) is 7.49. The van der Waals surface area contributed by atoms with E-state index in [1.165, 1.54) is 24.3 Å². The minimum absolute atomic E-state index is 0.0442. The average molecular weight is 493 g/mol. The molecule has 2 heterocycles. The predicted octanol–water partition coefficient (Wildman–Crippen LogP) is 6.33. The number of carboxylic acid groups (broad SMARTS) is 1. The maximum atomic E-state index is 14.7. The molecule has 1 aromatic heterocycles. The van der Waals surface area contributed by atoms with E-state index < -0.39 is 28.8 Å². The summed E-state index contributed by atoms with van der Waals surface area (Å²) in [7, 11) is 0. The lowest BCUT2D eigenvalue weighted by Crippen LogP contribution is -2.32. The molecule has 184 valence electrons. The van der Waals surface area contributed by atoms with Gasteiger partial charge >= 0.3 is 5.97 Å². The van der Waals surface area contributed by atoms with Crippen LogP contribution in [0.2, 0.25) is 0 Å². The Morgan fingerprint density at radius 2 is 1.81 bits per heavy atom. The number of aromatic hydroxyl groups is 1. The third-order valence-electron chi connectivity index (χ3n) is 7.49. The van der Waals surface area contributed by atoms with Gasteiger partial charge in [0.15, 0.2) is 11.6 Å². The minimum Gasteiger partial charge on any atom is -0.507 e. The standard InChI is InChI=1S/C28H22F3NO4/c29-17-10-22-25(23(33)11-17)24(15-3-5-16(6-4-15)27(34)35)26(28-9-1-2-19(13-28)36-14-28)32(22)18-7-8-20(30)21(31)12-18/h3-8,10-12,19,33H,1-2,9,13-14H2,(H,34,35). The van der Waals surface area contributed by atoms with Crippen molar-refractivity contribution in [1.29, 1.82) is 0 Å². The molecular weight excluding hydrogens is 471 g/mol. The maximum absolute atomic E-state index is 14.7. The summed E-state index contributed by atoms with van der Waals surface area (Å²) in [4.78, 5) is 11.4. The Morgan fingerprint density at radius 3 is 2.53 bits per heavy atom. The van der Waals surface area contributed by atoms with Gasteiger partial charge in [-0.25, -0.2) is 18.0 Å². The first kappa shape index (κ1) is 22.7. The van der Waals surface area contributed by atoms with Crippen molar-refractivity contribution >= 4 is 16.9 Å². The Kier molecular flexibility index (Phi) is 5.12. The van der Waals surface area contributed by atoms with Crippen LogP contribution in [0.1, 0.15) is 41.7 Å². The van der Waals surface area contributed by atoms with Crippen LogP contribution in [-0.4, -0.2) is 33.5 Å². The second-order valence-corrected chi connectivity index (χ2v) is 9.67. The largest absolute Gasteiger partial charge is 0.507 e. The van der Waals surface area contributed by atoms with E-state index in [0.717, 1.165) is 37.5 Å². The van der Waals surface area contributed by atoms with Gasteiger partial charge in [-0.2, -0.15) is 0 Å². The first-order valence-electron chi connectivity index (χ1n) is 11.8. The summed E-state index contributed by atoms with van der Waals surface area (Å²) in [5, 5.41) is 20.7. The van der Waals surface area contributed by atoms with Crippen LogP contribution in [0.4, 0.5) is 13.2 Å². The zero-order valence-electron chi connectivity index (χ0n) is 19.1. The molecular formula is C28H22F3NO4. The van der Waals surface area contributed by atoms with Gasteiger partial charge in [-0.1, -0.05) is 12.1 Å². The van der Waals surface area contributed by atoms with Crippen molar-refractivity contribution in [3.05, 3.63) is 83.3 Å². The molecule has 5 nitrogen and oxygen atoms in total. The molecule has 6 rings (SSSR count). The van der Waals surface area contributed by atoms with Gasteiger partial charge in [-0.15, -0.1) is 0 Å². The highest BCUT2D eigenvalue weighted by atomic mass is 19.2. The number of rotatable bonds is 4. The number of aromatic nitrogens is 1. The van der Waals surface area contributed by atoms with Crippen molar-refractivity contribution in [3.8, 4) is 22.6 Å². The number of fused-ring (bicyclic) bond motifs is 3. The van der Waals surface area contributed by atoms with Crippen molar-refractivity contribution in [2.75, 3.05) is 6.61 Å². The number of ether oxygens (including phenoxy) is 1. The summed E-state index contributed by atoms with van der Waals surface area (Å²) in [5.41, 5.74) is 2.08. The molecule has 2 unspecified atom stereocenters. The van der Waals surface area contributed by atoms with Gasteiger partial charge in [-0.05, 0) is 61.6 Å². The van der Waals surface area contributed by atoms with Crippen LogP contribution < -0.4 is 0 Å². The maximum Gasteiger partial charge on any atom is 0.335 e. The quantitative estimate of drug-likeness (QED) is 0.349. The second kappa shape index (κ2) is 8.13. The summed E-state index contributed by atoms with van der Waals surface area (Å²) in [6.07, 6.45) is 3.29. The monoisotopic (exact) mass is 493 g/mol. The van der Waals surface area contributed by atoms with Crippen molar-refractivity contribution < 1.29 is 32.9 Å². The number of nitrogens with zero attached hydrogens (tertiary/aromatic N) is 1. The Morgan fingerprint density at radius 1 is 1.03 bits per heavy atom. The number of hydrogen-bond donors (Lipinski definition) is 2. The van der Waals surface area contributed by atoms with Crippen LogP contribution in [0.5, 0.6) is 5.75 Å². The molecule has 1 saturated heterocycles.